The minimum atomic E-state index is -4.06. The van der Waals surface area contributed by atoms with Crippen LogP contribution in [0.2, 0.25) is 5.02 Å². The summed E-state index contributed by atoms with van der Waals surface area (Å²) in [6.07, 6.45) is 0.415. The summed E-state index contributed by atoms with van der Waals surface area (Å²) in [5.41, 5.74) is 3.08. The van der Waals surface area contributed by atoms with Crippen molar-refractivity contribution in [2.45, 2.75) is 4.90 Å². The summed E-state index contributed by atoms with van der Waals surface area (Å²) in [6.45, 7) is -0.536. The first-order valence-electron chi connectivity index (χ1n) is 10.3. The van der Waals surface area contributed by atoms with Crippen LogP contribution in [0.1, 0.15) is 5.56 Å². The Labute approximate surface area is 213 Å². The van der Waals surface area contributed by atoms with Crippen LogP contribution in [0.25, 0.3) is 0 Å². The zero-order chi connectivity index (χ0) is 26.1. The maximum atomic E-state index is 13.3. The molecule has 188 valence electrons. The number of hydrogen-bond acceptors (Lipinski definition) is 8. The van der Waals surface area contributed by atoms with Crippen molar-refractivity contribution in [3.05, 3.63) is 83.4 Å². The van der Waals surface area contributed by atoms with Gasteiger partial charge < -0.3 is 14.2 Å². The lowest BCUT2D eigenvalue weighted by molar-refractivity contribution is -0.119. The molecule has 1 amide bonds. The number of hydrazone groups is 1. The standard InChI is InChI=1S/C24H22ClN3O7S/c1-33-22-14-17(8-13-21(22)35-24(30)34-2)15-26-27-23(29)16-28(19-11-9-18(25)10-12-19)36(31,32)20-6-4-3-5-7-20/h3-15H,16H2,1-2H3,(H,27,29)/b26-15-. The summed E-state index contributed by atoms with van der Waals surface area (Å²) in [5.74, 6) is -0.313. The van der Waals surface area contributed by atoms with Crippen molar-refractivity contribution in [3.63, 3.8) is 0 Å². The number of carbonyl (C=O) groups excluding carboxylic acids is 2. The fourth-order valence-corrected chi connectivity index (χ4v) is 4.53. The van der Waals surface area contributed by atoms with Crippen LogP contribution in [0.4, 0.5) is 10.5 Å². The van der Waals surface area contributed by atoms with Gasteiger partial charge in [0.05, 0.1) is 31.0 Å². The summed E-state index contributed by atoms with van der Waals surface area (Å²) in [4.78, 5) is 24.0. The molecule has 0 fully saturated rings. The topological polar surface area (TPSA) is 124 Å². The number of benzene rings is 3. The molecule has 0 saturated carbocycles. The summed E-state index contributed by atoms with van der Waals surface area (Å²) in [6, 6.07) is 18.4. The Kier molecular flexibility index (Phi) is 8.87. The molecule has 0 heterocycles. The molecule has 0 aromatic heterocycles. The van der Waals surface area contributed by atoms with Gasteiger partial charge in [-0.1, -0.05) is 29.8 Å². The first-order chi connectivity index (χ1) is 17.2. The van der Waals surface area contributed by atoms with Gasteiger partial charge in [0.1, 0.15) is 6.54 Å². The Hall–Kier alpha value is -4.09. The predicted octanol–water partition coefficient (Wildman–Crippen LogP) is 3.84. The van der Waals surface area contributed by atoms with Crippen molar-refractivity contribution in [2.24, 2.45) is 5.10 Å². The van der Waals surface area contributed by atoms with Crippen molar-refractivity contribution >= 4 is 45.6 Å². The van der Waals surface area contributed by atoms with E-state index in [1.807, 2.05) is 0 Å². The van der Waals surface area contributed by atoms with E-state index in [4.69, 9.17) is 21.1 Å². The molecule has 3 aromatic rings. The van der Waals surface area contributed by atoms with Crippen LogP contribution >= 0.6 is 11.6 Å². The van der Waals surface area contributed by atoms with E-state index >= 15 is 0 Å². The normalized spacial score (nSPS) is 11.1. The Morgan fingerprint density at radius 1 is 1.00 bits per heavy atom. The molecule has 0 radical (unpaired) electrons. The Bertz CT molecular complexity index is 1350. The van der Waals surface area contributed by atoms with Gasteiger partial charge in [-0.05, 0) is 60.2 Å². The number of methoxy groups -OCH3 is 2. The predicted molar refractivity (Wildman–Crippen MR) is 134 cm³/mol. The molecular weight excluding hydrogens is 510 g/mol. The maximum absolute atomic E-state index is 13.3. The highest BCUT2D eigenvalue weighted by atomic mass is 35.5. The summed E-state index contributed by atoms with van der Waals surface area (Å²) in [7, 11) is -1.49. The van der Waals surface area contributed by atoms with Crippen LogP contribution in [-0.2, 0) is 19.6 Å². The maximum Gasteiger partial charge on any atom is 0.513 e. The third kappa shape index (κ3) is 6.74. The smallest absolute Gasteiger partial charge is 0.493 e. The van der Waals surface area contributed by atoms with Crippen LogP contribution in [0.3, 0.4) is 0 Å². The summed E-state index contributed by atoms with van der Waals surface area (Å²) >= 11 is 5.94. The average Bonchev–Trinajstić information content (AvgIpc) is 2.89. The average molecular weight is 532 g/mol. The van der Waals surface area contributed by atoms with E-state index in [1.54, 1.807) is 24.3 Å². The molecule has 0 saturated heterocycles. The molecule has 3 aromatic carbocycles. The molecule has 1 N–H and O–H groups in total. The number of amides is 1. The van der Waals surface area contributed by atoms with E-state index in [1.165, 1.54) is 69.0 Å². The molecule has 0 aliphatic carbocycles. The second-order valence-electron chi connectivity index (χ2n) is 7.06. The second kappa shape index (κ2) is 12.0. The zero-order valence-electron chi connectivity index (χ0n) is 19.3. The number of rotatable bonds is 9. The number of halogens is 1. The molecular formula is C24H22ClN3O7S. The number of carbonyl (C=O) groups is 2. The van der Waals surface area contributed by atoms with Crippen LogP contribution in [0, 0.1) is 0 Å². The molecule has 0 unspecified atom stereocenters. The lowest BCUT2D eigenvalue weighted by Crippen LogP contribution is -2.39. The van der Waals surface area contributed by atoms with Gasteiger partial charge in [-0.25, -0.2) is 18.6 Å². The molecule has 0 spiro atoms. The summed E-state index contributed by atoms with van der Waals surface area (Å²) in [5, 5.41) is 4.30. The van der Waals surface area contributed by atoms with Crippen LogP contribution in [-0.4, -0.2) is 47.5 Å². The van der Waals surface area contributed by atoms with E-state index in [0.717, 1.165) is 4.31 Å². The van der Waals surface area contributed by atoms with Gasteiger partial charge >= 0.3 is 6.16 Å². The van der Waals surface area contributed by atoms with E-state index in [0.29, 0.717) is 10.6 Å². The zero-order valence-corrected chi connectivity index (χ0v) is 20.8. The first-order valence-corrected chi connectivity index (χ1v) is 12.2. The molecule has 10 nitrogen and oxygen atoms in total. The van der Waals surface area contributed by atoms with E-state index in [9.17, 15) is 18.0 Å². The van der Waals surface area contributed by atoms with Crippen molar-refractivity contribution in [2.75, 3.05) is 25.1 Å². The molecule has 12 heteroatoms. The van der Waals surface area contributed by atoms with Gasteiger partial charge in [-0.15, -0.1) is 0 Å². The number of ether oxygens (including phenoxy) is 3. The Balaban J connectivity index is 1.76. The SMILES string of the molecule is COC(=O)Oc1ccc(/C=N\NC(=O)CN(c2ccc(Cl)cc2)S(=O)(=O)c2ccccc2)cc1OC. The van der Waals surface area contributed by atoms with Gasteiger partial charge in [0.15, 0.2) is 11.5 Å². The lowest BCUT2D eigenvalue weighted by atomic mass is 10.2. The fourth-order valence-electron chi connectivity index (χ4n) is 2.97. The van der Waals surface area contributed by atoms with E-state index in [2.05, 4.69) is 15.3 Å². The van der Waals surface area contributed by atoms with Crippen LogP contribution in [0.5, 0.6) is 11.5 Å². The highest BCUT2D eigenvalue weighted by Gasteiger charge is 2.27. The monoisotopic (exact) mass is 531 g/mol. The minimum absolute atomic E-state index is 0.0256. The van der Waals surface area contributed by atoms with Crippen LogP contribution < -0.4 is 19.2 Å². The molecule has 0 atom stereocenters. The van der Waals surface area contributed by atoms with E-state index in [-0.39, 0.29) is 22.1 Å². The van der Waals surface area contributed by atoms with Crippen molar-refractivity contribution < 1.29 is 32.2 Å². The minimum Gasteiger partial charge on any atom is -0.493 e. The largest absolute Gasteiger partial charge is 0.513 e. The molecule has 0 aliphatic rings. The first kappa shape index (κ1) is 26.5. The molecule has 36 heavy (non-hydrogen) atoms. The Morgan fingerprint density at radius 3 is 2.33 bits per heavy atom. The number of nitrogens with zero attached hydrogens (tertiary/aromatic N) is 2. The van der Waals surface area contributed by atoms with Gasteiger partial charge in [0, 0.05) is 5.02 Å². The third-order valence-electron chi connectivity index (χ3n) is 4.68. The van der Waals surface area contributed by atoms with Gasteiger partial charge in [-0.2, -0.15) is 5.10 Å². The van der Waals surface area contributed by atoms with Gasteiger partial charge in [0.25, 0.3) is 15.9 Å². The van der Waals surface area contributed by atoms with Crippen molar-refractivity contribution in [3.8, 4) is 11.5 Å². The number of anilines is 1. The Morgan fingerprint density at radius 2 is 1.69 bits per heavy atom. The third-order valence-corrected chi connectivity index (χ3v) is 6.72. The van der Waals surface area contributed by atoms with Crippen LogP contribution in [0.15, 0.2) is 82.8 Å². The highest BCUT2D eigenvalue weighted by Crippen LogP contribution is 2.28. The lowest BCUT2D eigenvalue weighted by Gasteiger charge is -2.23. The number of sulfonamides is 1. The molecule has 3 rings (SSSR count). The quantitative estimate of drug-likeness (QED) is 0.192. The highest BCUT2D eigenvalue weighted by molar-refractivity contribution is 7.92. The molecule has 0 bridgehead atoms. The summed E-state index contributed by atoms with van der Waals surface area (Å²) < 4.78 is 42.1. The number of hydrogen-bond donors (Lipinski definition) is 1. The van der Waals surface area contributed by atoms with Crippen molar-refractivity contribution in [1.82, 2.24) is 5.43 Å². The van der Waals surface area contributed by atoms with Crippen molar-refractivity contribution in [1.29, 1.82) is 0 Å². The molecule has 0 aliphatic heterocycles. The second-order valence-corrected chi connectivity index (χ2v) is 9.36. The number of nitrogens with one attached hydrogen (secondary N) is 1. The van der Waals surface area contributed by atoms with E-state index < -0.39 is 28.6 Å². The fraction of sp³-hybridized carbons (Fsp3) is 0.125. The van der Waals surface area contributed by atoms with Gasteiger partial charge in [0.2, 0.25) is 0 Å². The van der Waals surface area contributed by atoms with Gasteiger partial charge in [-0.3, -0.25) is 9.10 Å².